The summed E-state index contributed by atoms with van der Waals surface area (Å²) in [7, 11) is 0. The first-order valence-corrected chi connectivity index (χ1v) is 20.9. The number of rotatable bonds is 8. The summed E-state index contributed by atoms with van der Waals surface area (Å²) >= 11 is 3.61. The molecule has 0 radical (unpaired) electrons. The van der Waals surface area contributed by atoms with Crippen molar-refractivity contribution in [1.82, 2.24) is 0 Å². The lowest BCUT2D eigenvalue weighted by Crippen LogP contribution is -2.12. The standard InChI is InChI=1S/C52H40N2S2/c1-33-9-17-37(18-10-33)53(38-19-11-34(2)12-20-38)47-31-45(49-7-5-29-55-49)41-26-28-44-48(54(39-21-13-35(3)14-22-39)40-23-15-36(4)16-24-40)32-46(50-8-6-30-56-50)42-25-27-43(47)51(41)52(42)44/h5-32H,1-4H3. The van der Waals surface area contributed by atoms with Crippen LogP contribution >= 0.6 is 22.7 Å². The molecule has 0 saturated carbocycles. The Kier molecular flexibility index (Phi) is 8.47. The van der Waals surface area contributed by atoms with Gasteiger partial charge in [0.05, 0.1) is 11.4 Å². The number of anilines is 6. The van der Waals surface area contributed by atoms with Crippen molar-refractivity contribution in [3.8, 4) is 20.9 Å². The van der Waals surface area contributed by atoms with Gasteiger partial charge in [0.25, 0.3) is 0 Å². The quantitative estimate of drug-likeness (QED) is 0.142. The lowest BCUT2D eigenvalue weighted by Gasteiger charge is -2.31. The minimum atomic E-state index is 1.14. The summed E-state index contributed by atoms with van der Waals surface area (Å²) in [6, 6.07) is 59.0. The molecule has 2 heterocycles. The molecular weight excluding hydrogens is 717 g/mol. The van der Waals surface area contributed by atoms with Gasteiger partial charge in [0.1, 0.15) is 0 Å². The molecule has 0 N–H and O–H groups in total. The average Bonchev–Trinajstić information content (AvgIpc) is 3.97. The smallest absolute Gasteiger partial charge is 0.0547 e. The van der Waals surface area contributed by atoms with Gasteiger partial charge in [0.15, 0.2) is 0 Å². The van der Waals surface area contributed by atoms with Crippen LogP contribution in [0, 0.1) is 27.7 Å². The normalized spacial score (nSPS) is 11.6. The van der Waals surface area contributed by atoms with Gasteiger partial charge in [-0.1, -0.05) is 107 Å². The molecule has 0 bridgehead atoms. The summed E-state index contributed by atoms with van der Waals surface area (Å²) in [4.78, 5) is 7.43. The number of thiophene rings is 2. The highest BCUT2D eigenvalue weighted by atomic mass is 32.1. The predicted octanol–water partition coefficient (Wildman–Crippen LogP) is 16.2. The monoisotopic (exact) mass is 756 g/mol. The van der Waals surface area contributed by atoms with Gasteiger partial charge in [-0.3, -0.25) is 0 Å². The highest BCUT2D eigenvalue weighted by Crippen LogP contribution is 2.52. The van der Waals surface area contributed by atoms with Gasteiger partial charge in [-0.2, -0.15) is 0 Å². The lowest BCUT2D eigenvalue weighted by molar-refractivity contribution is 1.28. The molecule has 10 aromatic rings. The number of nitrogens with zero attached hydrogens (tertiary/aromatic N) is 2. The fourth-order valence-corrected chi connectivity index (χ4v) is 9.74. The first kappa shape index (κ1) is 34.3. The van der Waals surface area contributed by atoms with Gasteiger partial charge in [-0.25, -0.2) is 0 Å². The Balaban J connectivity index is 1.36. The van der Waals surface area contributed by atoms with Crippen LogP contribution in [0.1, 0.15) is 22.3 Å². The third-order valence-corrected chi connectivity index (χ3v) is 12.9. The van der Waals surface area contributed by atoms with Crippen molar-refractivity contribution in [1.29, 1.82) is 0 Å². The van der Waals surface area contributed by atoms with Crippen molar-refractivity contribution in [2.75, 3.05) is 9.80 Å². The summed E-state index contributed by atoms with van der Waals surface area (Å²) in [5.41, 5.74) is 14.3. The molecule has 10 rings (SSSR count). The van der Waals surface area contributed by atoms with Crippen molar-refractivity contribution in [3.63, 3.8) is 0 Å². The Morgan fingerprint density at radius 1 is 0.339 bits per heavy atom. The summed E-state index contributed by atoms with van der Waals surface area (Å²) in [6.45, 7) is 8.63. The first-order valence-electron chi connectivity index (χ1n) is 19.1. The van der Waals surface area contributed by atoms with Crippen molar-refractivity contribution < 1.29 is 0 Å². The molecule has 0 spiro atoms. The maximum absolute atomic E-state index is 2.45. The first-order chi connectivity index (χ1) is 27.4. The van der Waals surface area contributed by atoms with Crippen LogP contribution in [0.15, 0.2) is 168 Å². The van der Waals surface area contributed by atoms with E-state index in [9.17, 15) is 0 Å². The van der Waals surface area contributed by atoms with Crippen molar-refractivity contribution in [2.24, 2.45) is 0 Å². The van der Waals surface area contributed by atoms with E-state index in [-0.39, 0.29) is 0 Å². The second-order valence-corrected chi connectivity index (χ2v) is 16.8. The fraction of sp³-hybridized carbons (Fsp3) is 0.0769. The van der Waals surface area contributed by atoms with E-state index in [1.165, 1.54) is 86.8 Å². The zero-order valence-electron chi connectivity index (χ0n) is 31.9. The molecule has 2 nitrogen and oxygen atoms in total. The molecule has 0 aliphatic carbocycles. The summed E-state index contributed by atoms with van der Waals surface area (Å²) in [5, 5.41) is 12.0. The SMILES string of the molecule is Cc1ccc(N(c2ccc(C)cc2)c2cc(-c3cccs3)c3ccc4c(N(c5ccc(C)cc5)c5ccc(C)cc5)cc(-c5cccs5)c5ccc2c3c54)cc1. The maximum Gasteiger partial charge on any atom is 0.0547 e. The van der Waals surface area contributed by atoms with Gasteiger partial charge in [-0.15, -0.1) is 22.7 Å². The van der Waals surface area contributed by atoms with Crippen LogP contribution in [-0.4, -0.2) is 0 Å². The number of aryl methyl sites for hydroxylation is 4. The lowest BCUT2D eigenvalue weighted by atomic mass is 9.87. The fourth-order valence-electron chi connectivity index (χ4n) is 8.23. The molecule has 0 amide bonds. The van der Waals surface area contributed by atoms with Gasteiger partial charge in [0.2, 0.25) is 0 Å². The largest absolute Gasteiger partial charge is 0.310 e. The highest BCUT2D eigenvalue weighted by Gasteiger charge is 2.26. The van der Waals surface area contributed by atoms with Crippen LogP contribution in [0.2, 0.25) is 0 Å². The van der Waals surface area contributed by atoms with Crippen LogP contribution in [0.3, 0.4) is 0 Å². The Hall–Kier alpha value is -6.20. The van der Waals surface area contributed by atoms with E-state index in [0.717, 1.165) is 22.7 Å². The topological polar surface area (TPSA) is 6.48 Å². The summed E-state index contributed by atoms with van der Waals surface area (Å²) in [6.07, 6.45) is 0. The van der Waals surface area contributed by atoms with Crippen molar-refractivity contribution in [2.45, 2.75) is 27.7 Å². The molecule has 0 atom stereocenters. The van der Waals surface area contributed by atoms with E-state index in [1.807, 2.05) is 0 Å². The molecule has 4 heteroatoms. The van der Waals surface area contributed by atoms with Gasteiger partial charge in [0, 0.05) is 65.2 Å². The molecule has 8 aromatic carbocycles. The third kappa shape index (κ3) is 5.85. The zero-order chi connectivity index (χ0) is 37.9. The Labute approximate surface area is 336 Å². The predicted molar refractivity (Wildman–Crippen MR) is 245 cm³/mol. The molecule has 0 aliphatic rings. The van der Waals surface area contributed by atoms with Crippen molar-refractivity contribution in [3.05, 3.63) is 191 Å². The van der Waals surface area contributed by atoms with Crippen LogP contribution < -0.4 is 9.80 Å². The van der Waals surface area contributed by atoms with Gasteiger partial charge >= 0.3 is 0 Å². The molecule has 0 aliphatic heterocycles. The molecule has 0 fully saturated rings. The second-order valence-electron chi connectivity index (χ2n) is 14.9. The Bertz CT molecular complexity index is 2660. The summed E-state index contributed by atoms with van der Waals surface area (Å²) in [5.74, 6) is 0. The van der Waals surface area contributed by atoms with E-state index < -0.39 is 0 Å². The van der Waals surface area contributed by atoms with E-state index in [0.29, 0.717) is 0 Å². The van der Waals surface area contributed by atoms with Crippen LogP contribution in [0.5, 0.6) is 0 Å². The molecule has 270 valence electrons. The maximum atomic E-state index is 2.45. The number of benzene rings is 8. The van der Waals surface area contributed by atoms with E-state index >= 15 is 0 Å². The molecule has 0 saturated heterocycles. The van der Waals surface area contributed by atoms with E-state index in [1.54, 1.807) is 22.7 Å². The highest BCUT2D eigenvalue weighted by molar-refractivity contribution is 7.14. The molecule has 56 heavy (non-hydrogen) atoms. The summed E-state index contributed by atoms with van der Waals surface area (Å²) < 4.78 is 0. The third-order valence-electron chi connectivity index (χ3n) is 11.1. The van der Waals surface area contributed by atoms with Crippen LogP contribution in [0.25, 0.3) is 53.2 Å². The van der Waals surface area contributed by atoms with Gasteiger partial charge < -0.3 is 9.80 Å². The van der Waals surface area contributed by atoms with Crippen molar-refractivity contribution >= 4 is 89.1 Å². The molecule has 2 aromatic heterocycles. The second kappa shape index (κ2) is 13.8. The molecular formula is C52H40N2S2. The van der Waals surface area contributed by atoms with Gasteiger partial charge in [-0.05, 0) is 122 Å². The molecule has 0 unspecified atom stereocenters. The number of hydrogen-bond acceptors (Lipinski definition) is 4. The minimum absolute atomic E-state index is 1.14. The Morgan fingerprint density at radius 3 is 0.929 bits per heavy atom. The zero-order valence-corrected chi connectivity index (χ0v) is 33.5. The van der Waals surface area contributed by atoms with E-state index in [2.05, 4.69) is 206 Å². The Morgan fingerprint density at radius 2 is 0.643 bits per heavy atom. The van der Waals surface area contributed by atoms with E-state index in [4.69, 9.17) is 0 Å². The number of hydrogen-bond donors (Lipinski definition) is 0. The van der Waals surface area contributed by atoms with Crippen LogP contribution in [-0.2, 0) is 0 Å². The average molecular weight is 757 g/mol. The van der Waals surface area contributed by atoms with Crippen LogP contribution in [0.4, 0.5) is 34.1 Å². The minimum Gasteiger partial charge on any atom is -0.310 e.